The van der Waals surface area contributed by atoms with E-state index in [9.17, 15) is 0 Å². The van der Waals surface area contributed by atoms with Crippen LogP contribution in [0.1, 0.15) is 97.8 Å². The standard InChI is InChI=1S/C19H42N.CH4O3S/c1-5-8-11-14-17-20(4,18-15-12-9-6-2)19-16-13-10-7-3;1-5(2,3)4/h5-19H2,1-4H3;1H3,(H,2,3,4)/q+1;/p-1. The molecule has 0 bridgehead atoms. The van der Waals surface area contributed by atoms with Gasteiger partial charge in [0.1, 0.15) is 0 Å². The topological polar surface area (TPSA) is 57.2 Å². The van der Waals surface area contributed by atoms with Crippen LogP contribution in [0.2, 0.25) is 0 Å². The Morgan fingerprint density at radius 2 is 0.880 bits per heavy atom. The Labute approximate surface area is 158 Å². The van der Waals surface area contributed by atoms with Crippen molar-refractivity contribution in [2.75, 3.05) is 32.9 Å². The molecule has 5 heteroatoms. The van der Waals surface area contributed by atoms with Gasteiger partial charge < -0.3 is 9.04 Å². The summed E-state index contributed by atoms with van der Waals surface area (Å²) in [5.41, 5.74) is 0. The van der Waals surface area contributed by atoms with E-state index < -0.39 is 10.1 Å². The highest BCUT2D eigenvalue weighted by Crippen LogP contribution is 2.14. The van der Waals surface area contributed by atoms with Crippen LogP contribution in [-0.4, -0.2) is 50.4 Å². The number of hydrogen-bond donors (Lipinski definition) is 0. The summed E-state index contributed by atoms with van der Waals surface area (Å²) in [7, 11) is -1.40. The van der Waals surface area contributed by atoms with Crippen molar-refractivity contribution >= 4 is 10.1 Å². The molecule has 0 aromatic heterocycles. The molecule has 0 aromatic carbocycles. The Hall–Kier alpha value is -0.130. The molecule has 0 saturated carbocycles. The molecule has 0 spiro atoms. The van der Waals surface area contributed by atoms with Crippen molar-refractivity contribution in [3.8, 4) is 0 Å². The third-order valence-corrected chi connectivity index (χ3v) is 4.65. The van der Waals surface area contributed by atoms with Crippen LogP contribution in [0, 0.1) is 0 Å². The van der Waals surface area contributed by atoms with Crippen molar-refractivity contribution in [3.05, 3.63) is 0 Å². The molecule has 4 nitrogen and oxygen atoms in total. The van der Waals surface area contributed by atoms with Gasteiger partial charge in [-0.15, -0.1) is 0 Å². The first-order valence-corrected chi connectivity index (χ1v) is 12.2. The molecule has 0 rings (SSSR count). The molecule has 0 saturated heterocycles. The Morgan fingerprint density at radius 3 is 1.08 bits per heavy atom. The first-order valence-electron chi connectivity index (χ1n) is 10.4. The summed E-state index contributed by atoms with van der Waals surface area (Å²) < 4.78 is 28.6. The fraction of sp³-hybridized carbons (Fsp3) is 1.00. The zero-order valence-corrected chi connectivity index (χ0v) is 18.5. The Morgan fingerprint density at radius 1 is 0.640 bits per heavy atom. The molecule has 0 radical (unpaired) electrons. The maximum atomic E-state index is 9.08. The fourth-order valence-electron chi connectivity index (χ4n) is 3.10. The van der Waals surface area contributed by atoms with Gasteiger partial charge in [-0.2, -0.15) is 0 Å². The second-order valence-electron chi connectivity index (χ2n) is 7.68. The lowest BCUT2D eigenvalue weighted by Crippen LogP contribution is -2.46. The van der Waals surface area contributed by atoms with Gasteiger partial charge in [0.2, 0.25) is 0 Å². The summed E-state index contributed by atoms with van der Waals surface area (Å²) in [4.78, 5) is 0. The maximum Gasteiger partial charge on any atom is 0.0916 e. The zero-order valence-electron chi connectivity index (χ0n) is 17.7. The van der Waals surface area contributed by atoms with Gasteiger partial charge in [0.05, 0.1) is 36.8 Å². The minimum absolute atomic E-state index is 0.604. The van der Waals surface area contributed by atoms with Gasteiger partial charge in [0.15, 0.2) is 0 Å². The lowest BCUT2D eigenvalue weighted by molar-refractivity contribution is -0.910. The van der Waals surface area contributed by atoms with E-state index in [1.54, 1.807) is 0 Å². The molecular formula is C20H45NO3S. The molecule has 0 aliphatic rings. The highest BCUT2D eigenvalue weighted by atomic mass is 32.2. The van der Waals surface area contributed by atoms with Gasteiger partial charge in [0, 0.05) is 6.26 Å². The van der Waals surface area contributed by atoms with Crippen molar-refractivity contribution in [2.24, 2.45) is 0 Å². The van der Waals surface area contributed by atoms with E-state index in [-0.39, 0.29) is 0 Å². The molecule has 154 valence electrons. The summed E-state index contributed by atoms with van der Waals surface area (Å²) in [5.74, 6) is 0. The predicted octanol–water partition coefficient (Wildman–Crippen LogP) is 5.34. The van der Waals surface area contributed by atoms with E-state index in [1.165, 1.54) is 101 Å². The van der Waals surface area contributed by atoms with E-state index in [0.717, 1.165) is 0 Å². The number of unbranched alkanes of at least 4 members (excludes halogenated alkanes) is 9. The molecular weight excluding hydrogens is 334 g/mol. The van der Waals surface area contributed by atoms with Crippen molar-refractivity contribution in [2.45, 2.75) is 97.8 Å². The molecule has 0 aliphatic carbocycles. The molecule has 0 N–H and O–H groups in total. The average molecular weight is 380 g/mol. The molecule has 0 atom stereocenters. The van der Waals surface area contributed by atoms with E-state index in [2.05, 4.69) is 27.8 Å². The minimum Gasteiger partial charge on any atom is -0.748 e. The van der Waals surface area contributed by atoms with Crippen LogP contribution in [0.15, 0.2) is 0 Å². The molecule has 25 heavy (non-hydrogen) atoms. The third kappa shape index (κ3) is 26.2. The van der Waals surface area contributed by atoms with E-state index in [0.29, 0.717) is 6.26 Å². The Bertz CT molecular complexity index is 330. The second kappa shape index (κ2) is 17.3. The van der Waals surface area contributed by atoms with Gasteiger partial charge in [-0.05, 0) is 38.5 Å². The maximum absolute atomic E-state index is 9.08. The van der Waals surface area contributed by atoms with Crippen LogP contribution in [-0.2, 0) is 10.1 Å². The smallest absolute Gasteiger partial charge is 0.0916 e. The lowest BCUT2D eigenvalue weighted by atomic mass is 10.1. The summed E-state index contributed by atoms with van der Waals surface area (Å²) in [6, 6.07) is 0. The number of rotatable bonds is 15. The van der Waals surface area contributed by atoms with Crippen molar-refractivity contribution in [1.82, 2.24) is 0 Å². The van der Waals surface area contributed by atoms with Gasteiger partial charge in [0.25, 0.3) is 0 Å². The van der Waals surface area contributed by atoms with E-state index >= 15 is 0 Å². The normalized spacial score (nSPS) is 11.9. The average Bonchev–Trinajstić information content (AvgIpc) is 2.51. The summed E-state index contributed by atoms with van der Waals surface area (Å²) in [6.45, 7) is 11.2. The third-order valence-electron chi connectivity index (χ3n) is 4.65. The molecule has 0 amide bonds. The predicted molar refractivity (Wildman–Crippen MR) is 109 cm³/mol. The zero-order chi connectivity index (χ0) is 19.6. The van der Waals surface area contributed by atoms with E-state index in [1.807, 2.05) is 0 Å². The quantitative estimate of drug-likeness (QED) is 0.219. The van der Waals surface area contributed by atoms with Crippen LogP contribution in [0.4, 0.5) is 0 Å². The van der Waals surface area contributed by atoms with Crippen LogP contribution in [0.25, 0.3) is 0 Å². The molecule has 0 fully saturated rings. The fourth-order valence-corrected chi connectivity index (χ4v) is 3.10. The van der Waals surface area contributed by atoms with Gasteiger partial charge in [-0.25, -0.2) is 8.42 Å². The lowest BCUT2D eigenvalue weighted by Gasteiger charge is -2.35. The van der Waals surface area contributed by atoms with Gasteiger partial charge in [-0.3, -0.25) is 0 Å². The number of nitrogens with zero attached hydrogens (tertiary/aromatic N) is 1. The first kappa shape index (κ1) is 27.1. The Kier molecular flexibility index (Phi) is 18.7. The molecule has 0 unspecified atom stereocenters. The first-order chi connectivity index (χ1) is 11.7. The van der Waals surface area contributed by atoms with Crippen molar-refractivity contribution < 1.29 is 17.5 Å². The summed E-state index contributed by atoms with van der Waals surface area (Å²) in [6.07, 6.45) is 17.6. The van der Waals surface area contributed by atoms with Gasteiger partial charge >= 0.3 is 0 Å². The van der Waals surface area contributed by atoms with Crippen LogP contribution in [0.3, 0.4) is 0 Å². The van der Waals surface area contributed by atoms with E-state index in [4.69, 9.17) is 13.0 Å². The minimum atomic E-state index is -3.92. The van der Waals surface area contributed by atoms with Crippen LogP contribution < -0.4 is 0 Å². The van der Waals surface area contributed by atoms with Gasteiger partial charge in [-0.1, -0.05) is 59.3 Å². The largest absolute Gasteiger partial charge is 0.748 e. The Balaban J connectivity index is 0. The number of hydrogen-bond acceptors (Lipinski definition) is 3. The molecule has 0 aliphatic heterocycles. The van der Waals surface area contributed by atoms with Crippen molar-refractivity contribution in [1.29, 1.82) is 0 Å². The SMILES string of the molecule is CCCCCC[N+](C)(CCCCCC)CCCCCC.CS(=O)(=O)[O-]. The van der Waals surface area contributed by atoms with Crippen LogP contribution in [0.5, 0.6) is 0 Å². The van der Waals surface area contributed by atoms with Crippen LogP contribution >= 0.6 is 0 Å². The molecule has 0 aromatic rings. The highest BCUT2D eigenvalue weighted by Gasteiger charge is 2.19. The monoisotopic (exact) mass is 379 g/mol. The second-order valence-corrected chi connectivity index (χ2v) is 9.08. The highest BCUT2D eigenvalue weighted by molar-refractivity contribution is 7.84. The number of quaternary nitrogens is 1. The summed E-state index contributed by atoms with van der Waals surface area (Å²) >= 11 is 0. The van der Waals surface area contributed by atoms with Crippen molar-refractivity contribution in [3.63, 3.8) is 0 Å². The molecule has 0 heterocycles. The summed E-state index contributed by atoms with van der Waals surface area (Å²) in [5, 5.41) is 0.